The van der Waals surface area contributed by atoms with Crippen molar-refractivity contribution in [2.75, 3.05) is 18.4 Å². The number of carboxylic acids is 1. The summed E-state index contributed by atoms with van der Waals surface area (Å²) < 4.78 is 0. The summed E-state index contributed by atoms with van der Waals surface area (Å²) in [6, 6.07) is 15.3. The number of para-hydroxylation sites is 1. The van der Waals surface area contributed by atoms with Crippen LogP contribution in [-0.2, 0) is 9.59 Å². The van der Waals surface area contributed by atoms with Gasteiger partial charge in [0.05, 0.1) is 17.1 Å². The van der Waals surface area contributed by atoms with Crippen molar-refractivity contribution in [2.45, 2.75) is 26.3 Å². The van der Waals surface area contributed by atoms with Crippen LogP contribution in [0.15, 0.2) is 54.6 Å². The van der Waals surface area contributed by atoms with Crippen molar-refractivity contribution in [1.29, 1.82) is 0 Å². The Morgan fingerprint density at radius 1 is 1.07 bits per heavy atom. The van der Waals surface area contributed by atoms with Gasteiger partial charge in [-0.2, -0.15) is 0 Å². The van der Waals surface area contributed by atoms with Gasteiger partial charge in [0.1, 0.15) is 0 Å². The van der Waals surface area contributed by atoms with Crippen LogP contribution in [0.4, 0.5) is 5.69 Å². The lowest BCUT2D eigenvalue weighted by Crippen LogP contribution is -2.42. The molecule has 1 amide bonds. The van der Waals surface area contributed by atoms with E-state index >= 15 is 0 Å². The van der Waals surface area contributed by atoms with Gasteiger partial charge in [-0.05, 0) is 32.4 Å². The minimum Gasteiger partial charge on any atom is -0.481 e. The molecule has 0 aliphatic carbocycles. The van der Waals surface area contributed by atoms with E-state index in [0.717, 1.165) is 0 Å². The number of aliphatic carboxylic acids is 1. The second-order valence-corrected chi connectivity index (χ2v) is 7.49. The van der Waals surface area contributed by atoms with Crippen molar-refractivity contribution in [3.05, 3.63) is 65.7 Å². The molecule has 0 radical (unpaired) electrons. The van der Waals surface area contributed by atoms with Crippen LogP contribution in [0.1, 0.15) is 36.2 Å². The van der Waals surface area contributed by atoms with Crippen LogP contribution in [0.2, 0.25) is 0 Å². The lowest BCUT2D eigenvalue weighted by atomic mass is 9.90. The van der Waals surface area contributed by atoms with Gasteiger partial charge < -0.3 is 10.4 Å². The summed E-state index contributed by atoms with van der Waals surface area (Å²) in [6.45, 7) is 4.32. The van der Waals surface area contributed by atoms with Crippen LogP contribution >= 0.6 is 0 Å². The maximum Gasteiger partial charge on any atom is 0.310 e. The second-order valence-electron chi connectivity index (χ2n) is 7.49. The Morgan fingerprint density at radius 2 is 1.71 bits per heavy atom. The van der Waals surface area contributed by atoms with Crippen LogP contribution in [-0.4, -0.2) is 46.8 Å². The number of amides is 1. The highest BCUT2D eigenvalue weighted by Gasteiger charge is 2.42. The third kappa shape index (κ3) is 3.97. The number of rotatable bonds is 6. The van der Waals surface area contributed by atoms with E-state index in [-0.39, 0.29) is 11.7 Å². The third-order valence-electron chi connectivity index (χ3n) is 5.41. The topological polar surface area (TPSA) is 86.7 Å². The van der Waals surface area contributed by atoms with E-state index in [1.807, 2.05) is 11.0 Å². The molecule has 1 fully saturated rings. The molecule has 2 unspecified atom stereocenters. The van der Waals surface area contributed by atoms with Gasteiger partial charge in [-0.1, -0.05) is 42.5 Å². The summed E-state index contributed by atoms with van der Waals surface area (Å²) in [5.74, 6) is -1.27. The van der Waals surface area contributed by atoms with E-state index in [2.05, 4.69) is 5.32 Å². The van der Waals surface area contributed by atoms with Crippen LogP contribution in [0, 0.1) is 5.41 Å². The SMILES string of the molecule is CC(C(=O)Nc1ccccc1C(=O)c1ccccc1)N1CCC(C)(C(=O)O)C1. The molecule has 0 saturated carbocycles. The number of carbonyl (C=O) groups excluding carboxylic acids is 2. The number of nitrogens with zero attached hydrogens (tertiary/aromatic N) is 1. The van der Waals surface area contributed by atoms with Crippen LogP contribution in [0.5, 0.6) is 0 Å². The fourth-order valence-electron chi connectivity index (χ4n) is 3.44. The summed E-state index contributed by atoms with van der Waals surface area (Å²) in [4.78, 5) is 38.9. The Labute approximate surface area is 164 Å². The Bertz CT molecular complexity index is 896. The summed E-state index contributed by atoms with van der Waals surface area (Å²) in [5.41, 5.74) is 0.587. The quantitative estimate of drug-likeness (QED) is 0.752. The molecule has 1 aliphatic rings. The molecule has 0 aromatic heterocycles. The first-order valence-electron chi connectivity index (χ1n) is 9.29. The number of nitrogens with one attached hydrogen (secondary N) is 1. The number of carboxylic acid groups (broad SMARTS) is 1. The van der Waals surface area contributed by atoms with Gasteiger partial charge in [0.15, 0.2) is 5.78 Å². The largest absolute Gasteiger partial charge is 0.481 e. The lowest BCUT2D eigenvalue weighted by Gasteiger charge is -2.25. The maximum absolute atomic E-state index is 12.8. The average molecular weight is 380 g/mol. The lowest BCUT2D eigenvalue weighted by molar-refractivity contribution is -0.147. The van der Waals surface area contributed by atoms with Crippen LogP contribution in [0.3, 0.4) is 0 Å². The first kappa shape index (κ1) is 19.8. The second kappa shape index (κ2) is 7.94. The Balaban J connectivity index is 1.75. The van der Waals surface area contributed by atoms with Gasteiger partial charge in [0, 0.05) is 24.2 Å². The number of likely N-dealkylation sites (tertiary alicyclic amines) is 1. The average Bonchev–Trinajstić information content (AvgIpc) is 3.11. The van der Waals surface area contributed by atoms with E-state index in [1.54, 1.807) is 62.4 Å². The van der Waals surface area contributed by atoms with Gasteiger partial charge in [0.25, 0.3) is 0 Å². The van der Waals surface area contributed by atoms with Crippen molar-refractivity contribution in [3.63, 3.8) is 0 Å². The highest BCUT2D eigenvalue weighted by Crippen LogP contribution is 2.31. The molecule has 2 aromatic carbocycles. The van der Waals surface area contributed by atoms with E-state index in [1.165, 1.54) is 0 Å². The highest BCUT2D eigenvalue weighted by molar-refractivity contribution is 6.14. The van der Waals surface area contributed by atoms with E-state index in [0.29, 0.717) is 36.3 Å². The zero-order valence-corrected chi connectivity index (χ0v) is 16.0. The highest BCUT2D eigenvalue weighted by atomic mass is 16.4. The maximum atomic E-state index is 12.8. The molecule has 0 spiro atoms. The fourth-order valence-corrected chi connectivity index (χ4v) is 3.44. The zero-order chi connectivity index (χ0) is 20.3. The van der Waals surface area contributed by atoms with Crippen molar-refractivity contribution in [3.8, 4) is 0 Å². The summed E-state index contributed by atoms with van der Waals surface area (Å²) in [5, 5.41) is 12.2. The first-order chi connectivity index (χ1) is 13.3. The standard InChI is InChI=1S/C22H24N2O4/c1-15(24-13-12-22(2,14-24)21(27)28)20(26)23-18-11-7-6-10-17(18)19(25)16-8-4-3-5-9-16/h3-11,15H,12-14H2,1-2H3,(H,23,26)(H,27,28). The number of benzene rings is 2. The molecule has 6 heteroatoms. The summed E-state index contributed by atoms with van der Waals surface area (Å²) in [6.07, 6.45) is 0.503. The predicted octanol–water partition coefficient (Wildman–Crippen LogP) is 3.04. The fraction of sp³-hybridized carbons (Fsp3) is 0.318. The molecule has 2 N–H and O–H groups in total. The van der Waals surface area contributed by atoms with Crippen molar-refractivity contribution in [2.24, 2.45) is 5.41 Å². The normalized spacial score (nSPS) is 20.5. The molecule has 1 aliphatic heterocycles. The van der Waals surface area contributed by atoms with Gasteiger partial charge >= 0.3 is 5.97 Å². The van der Waals surface area contributed by atoms with Crippen molar-refractivity contribution >= 4 is 23.3 Å². The number of ketones is 1. The van der Waals surface area contributed by atoms with Gasteiger partial charge in [0.2, 0.25) is 5.91 Å². The van der Waals surface area contributed by atoms with Crippen molar-refractivity contribution < 1.29 is 19.5 Å². The smallest absolute Gasteiger partial charge is 0.310 e. The molecule has 28 heavy (non-hydrogen) atoms. The molecule has 2 atom stereocenters. The molecule has 2 aromatic rings. The van der Waals surface area contributed by atoms with Crippen LogP contribution < -0.4 is 5.32 Å². The summed E-state index contributed by atoms with van der Waals surface area (Å²) in [7, 11) is 0. The molecule has 6 nitrogen and oxygen atoms in total. The molecule has 0 bridgehead atoms. The van der Waals surface area contributed by atoms with Gasteiger partial charge in [-0.15, -0.1) is 0 Å². The monoisotopic (exact) mass is 380 g/mol. The van der Waals surface area contributed by atoms with Gasteiger partial charge in [-0.25, -0.2) is 0 Å². The minimum atomic E-state index is -0.846. The first-order valence-corrected chi connectivity index (χ1v) is 9.29. The minimum absolute atomic E-state index is 0.163. The molecule has 146 valence electrons. The predicted molar refractivity (Wildman–Crippen MR) is 106 cm³/mol. The van der Waals surface area contributed by atoms with E-state index in [4.69, 9.17) is 0 Å². The summed E-state index contributed by atoms with van der Waals surface area (Å²) >= 11 is 0. The zero-order valence-electron chi connectivity index (χ0n) is 16.0. The van der Waals surface area contributed by atoms with E-state index < -0.39 is 17.4 Å². The molecule has 3 rings (SSSR count). The number of hydrogen-bond donors (Lipinski definition) is 2. The Morgan fingerprint density at radius 3 is 2.36 bits per heavy atom. The number of carbonyl (C=O) groups is 3. The number of anilines is 1. The Hall–Kier alpha value is -2.99. The van der Waals surface area contributed by atoms with E-state index in [9.17, 15) is 19.5 Å². The molecular formula is C22H24N2O4. The molecule has 1 saturated heterocycles. The van der Waals surface area contributed by atoms with Crippen molar-refractivity contribution in [1.82, 2.24) is 4.90 Å². The van der Waals surface area contributed by atoms with Crippen LogP contribution in [0.25, 0.3) is 0 Å². The molecule has 1 heterocycles. The Kier molecular flexibility index (Phi) is 5.61. The third-order valence-corrected chi connectivity index (χ3v) is 5.41. The molecular weight excluding hydrogens is 356 g/mol. The van der Waals surface area contributed by atoms with Gasteiger partial charge in [-0.3, -0.25) is 19.3 Å². The number of hydrogen-bond acceptors (Lipinski definition) is 4.